The molecule has 158 valence electrons. The highest BCUT2D eigenvalue weighted by Crippen LogP contribution is 2.31. The van der Waals surface area contributed by atoms with Crippen LogP contribution >= 0.6 is 34.8 Å². The van der Waals surface area contributed by atoms with Crippen LogP contribution in [0.15, 0.2) is 58.5 Å². The van der Waals surface area contributed by atoms with Crippen molar-refractivity contribution < 1.29 is 13.2 Å². The van der Waals surface area contributed by atoms with E-state index in [4.69, 9.17) is 39.5 Å². The largest absolute Gasteiger partial charge is 0.497 e. The van der Waals surface area contributed by atoms with Gasteiger partial charge in [-0.2, -0.15) is 0 Å². The van der Waals surface area contributed by atoms with Gasteiger partial charge in [-0.05, 0) is 36.4 Å². The number of sulfonamides is 1. The number of methoxy groups -OCH3 is 1. The van der Waals surface area contributed by atoms with Crippen molar-refractivity contribution in [2.75, 3.05) is 13.7 Å². The zero-order valence-corrected chi connectivity index (χ0v) is 18.7. The van der Waals surface area contributed by atoms with Crippen molar-refractivity contribution in [2.24, 2.45) is 0 Å². The van der Waals surface area contributed by atoms with E-state index in [2.05, 4.69) is 9.71 Å². The van der Waals surface area contributed by atoms with Crippen molar-refractivity contribution >= 4 is 44.8 Å². The standard InChI is InChI=1S/C19H16Cl3N3O4S/c1-29-13-4-2-12(3-5-13)17-10-19(26)25(11-23-17)7-6-24-30(27,28)18-9-15(21)14(20)8-16(18)22/h2-5,8-11,24H,6-7H2,1H3. The molecule has 1 N–H and O–H groups in total. The second-order valence-corrected chi connectivity index (χ2v) is 9.09. The third-order valence-corrected chi connectivity index (χ3v) is 6.82. The number of nitrogens with zero attached hydrogens (tertiary/aromatic N) is 2. The van der Waals surface area contributed by atoms with Crippen LogP contribution in [0.2, 0.25) is 15.1 Å². The van der Waals surface area contributed by atoms with Gasteiger partial charge in [0.25, 0.3) is 5.56 Å². The first-order chi connectivity index (χ1) is 14.2. The van der Waals surface area contributed by atoms with Crippen LogP contribution in [0.5, 0.6) is 5.75 Å². The summed E-state index contributed by atoms with van der Waals surface area (Å²) in [5.41, 5.74) is 0.944. The van der Waals surface area contributed by atoms with E-state index in [-0.39, 0.29) is 38.6 Å². The van der Waals surface area contributed by atoms with Crippen molar-refractivity contribution in [2.45, 2.75) is 11.4 Å². The summed E-state index contributed by atoms with van der Waals surface area (Å²) < 4.78 is 33.7. The molecule has 3 rings (SSSR count). The molecule has 7 nitrogen and oxygen atoms in total. The molecule has 0 aliphatic rings. The average molecular weight is 489 g/mol. The van der Waals surface area contributed by atoms with Gasteiger partial charge in [-0.15, -0.1) is 0 Å². The Bertz CT molecular complexity index is 1230. The Balaban J connectivity index is 1.70. The van der Waals surface area contributed by atoms with E-state index in [0.29, 0.717) is 11.4 Å². The van der Waals surface area contributed by atoms with E-state index >= 15 is 0 Å². The van der Waals surface area contributed by atoms with Crippen molar-refractivity contribution in [3.8, 4) is 17.0 Å². The van der Waals surface area contributed by atoms with Gasteiger partial charge >= 0.3 is 0 Å². The molecular weight excluding hydrogens is 473 g/mol. The second-order valence-electron chi connectivity index (χ2n) is 6.13. The summed E-state index contributed by atoms with van der Waals surface area (Å²) in [7, 11) is -2.38. The monoisotopic (exact) mass is 487 g/mol. The number of nitrogens with one attached hydrogen (secondary N) is 1. The molecule has 0 aliphatic heterocycles. The molecule has 0 aliphatic carbocycles. The number of aromatic nitrogens is 2. The Labute approximate surface area is 188 Å². The molecule has 0 radical (unpaired) electrons. The molecule has 11 heteroatoms. The Morgan fingerprint density at radius 1 is 1.03 bits per heavy atom. The first-order valence-electron chi connectivity index (χ1n) is 8.56. The molecule has 0 saturated heterocycles. The second kappa shape index (κ2) is 9.36. The van der Waals surface area contributed by atoms with Crippen LogP contribution in [0.4, 0.5) is 0 Å². The van der Waals surface area contributed by atoms with E-state index in [1.807, 2.05) is 0 Å². The van der Waals surface area contributed by atoms with Crippen molar-refractivity contribution in [3.05, 3.63) is 74.2 Å². The number of rotatable bonds is 7. The zero-order valence-electron chi connectivity index (χ0n) is 15.6. The number of hydrogen-bond donors (Lipinski definition) is 1. The summed E-state index contributed by atoms with van der Waals surface area (Å²) >= 11 is 17.7. The summed E-state index contributed by atoms with van der Waals surface area (Å²) in [6.45, 7) is 0.0231. The molecule has 0 fully saturated rings. The highest BCUT2D eigenvalue weighted by Gasteiger charge is 2.19. The molecule has 1 heterocycles. The van der Waals surface area contributed by atoms with Crippen LogP contribution in [-0.4, -0.2) is 31.6 Å². The van der Waals surface area contributed by atoms with E-state index in [1.165, 1.54) is 29.1 Å². The highest BCUT2D eigenvalue weighted by atomic mass is 35.5. The summed E-state index contributed by atoms with van der Waals surface area (Å²) in [5.74, 6) is 0.696. The number of benzene rings is 2. The van der Waals surface area contributed by atoms with Crippen LogP contribution in [0, 0.1) is 0 Å². The van der Waals surface area contributed by atoms with Crippen molar-refractivity contribution in [1.29, 1.82) is 0 Å². The third kappa shape index (κ3) is 5.14. The van der Waals surface area contributed by atoms with E-state index in [9.17, 15) is 13.2 Å². The van der Waals surface area contributed by atoms with Gasteiger partial charge in [-0.3, -0.25) is 9.36 Å². The van der Waals surface area contributed by atoms with Gasteiger partial charge in [0.15, 0.2) is 0 Å². The SMILES string of the molecule is COc1ccc(-c2cc(=O)n(CCNS(=O)(=O)c3cc(Cl)c(Cl)cc3Cl)cn2)cc1. The van der Waals surface area contributed by atoms with Gasteiger partial charge in [0.1, 0.15) is 10.6 Å². The summed E-state index contributed by atoms with van der Waals surface area (Å²) in [6, 6.07) is 10.9. The Hall–Kier alpha value is -2.10. The summed E-state index contributed by atoms with van der Waals surface area (Å²) in [5, 5.41) is 0.158. The molecule has 30 heavy (non-hydrogen) atoms. The molecule has 0 unspecified atom stereocenters. The van der Waals surface area contributed by atoms with Crippen LogP contribution in [0.25, 0.3) is 11.3 Å². The van der Waals surface area contributed by atoms with Gasteiger partial charge in [-0.25, -0.2) is 18.1 Å². The van der Waals surface area contributed by atoms with Gasteiger partial charge < -0.3 is 4.74 Å². The van der Waals surface area contributed by atoms with Crippen molar-refractivity contribution in [3.63, 3.8) is 0 Å². The maximum Gasteiger partial charge on any atom is 0.253 e. The van der Waals surface area contributed by atoms with Gasteiger partial charge in [-0.1, -0.05) is 34.8 Å². The quantitative estimate of drug-likeness (QED) is 0.510. The number of hydrogen-bond acceptors (Lipinski definition) is 5. The molecule has 0 spiro atoms. The predicted octanol–water partition coefficient (Wildman–Crippen LogP) is 3.86. The lowest BCUT2D eigenvalue weighted by atomic mass is 10.1. The third-order valence-electron chi connectivity index (χ3n) is 4.17. The zero-order chi connectivity index (χ0) is 21.9. The van der Waals surface area contributed by atoms with E-state index in [0.717, 1.165) is 5.56 Å². The minimum Gasteiger partial charge on any atom is -0.497 e. The topological polar surface area (TPSA) is 90.3 Å². The fourth-order valence-electron chi connectivity index (χ4n) is 2.60. The first-order valence-corrected chi connectivity index (χ1v) is 11.2. The maximum absolute atomic E-state index is 12.5. The molecule has 1 aromatic heterocycles. The Morgan fingerprint density at radius 3 is 2.33 bits per heavy atom. The average Bonchev–Trinajstić information content (AvgIpc) is 2.71. The van der Waals surface area contributed by atoms with E-state index < -0.39 is 10.0 Å². The lowest BCUT2D eigenvalue weighted by molar-refractivity contribution is 0.415. The van der Waals surface area contributed by atoms with E-state index in [1.54, 1.807) is 31.4 Å². The van der Waals surface area contributed by atoms with Crippen LogP contribution in [0.3, 0.4) is 0 Å². The lowest BCUT2D eigenvalue weighted by Crippen LogP contribution is -2.31. The molecule has 0 bridgehead atoms. The van der Waals surface area contributed by atoms with Crippen LogP contribution < -0.4 is 15.0 Å². The smallest absolute Gasteiger partial charge is 0.253 e. The fraction of sp³-hybridized carbons (Fsp3) is 0.158. The maximum atomic E-state index is 12.5. The lowest BCUT2D eigenvalue weighted by Gasteiger charge is -2.11. The predicted molar refractivity (Wildman–Crippen MR) is 117 cm³/mol. The fourth-order valence-corrected chi connectivity index (χ4v) is 4.62. The minimum atomic E-state index is -3.94. The van der Waals surface area contributed by atoms with Crippen molar-refractivity contribution in [1.82, 2.24) is 14.3 Å². The summed E-state index contributed by atoms with van der Waals surface area (Å²) in [6.07, 6.45) is 1.36. The first kappa shape index (κ1) is 22.6. The summed E-state index contributed by atoms with van der Waals surface area (Å²) in [4.78, 5) is 16.4. The van der Waals surface area contributed by atoms with Gasteiger partial charge in [0, 0.05) is 24.7 Å². The Morgan fingerprint density at radius 2 is 1.70 bits per heavy atom. The van der Waals surface area contributed by atoms with Crippen LogP contribution in [0.1, 0.15) is 0 Å². The Kier molecular flexibility index (Phi) is 7.05. The molecule has 0 atom stereocenters. The number of halogens is 3. The molecule has 2 aromatic carbocycles. The molecular formula is C19H16Cl3N3O4S. The molecule has 0 saturated carbocycles. The number of ether oxygens (including phenoxy) is 1. The molecule has 3 aromatic rings. The van der Waals surface area contributed by atoms with Gasteiger partial charge in [0.2, 0.25) is 10.0 Å². The highest BCUT2D eigenvalue weighted by molar-refractivity contribution is 7.89. The normalized spacial score (nSPS) is 11.5. The van der Waals surface area contributed by atoms with Crippen LogP contribution in [-0.2, 0) is 16.6 Å². The minimum absolute atomic E-state index is 0.0532. The molecule has 0 amide bonds. The van der Waals surface area contributed by atoms with Gasteiger partial charge in [0.05, 0.1) is 34.2 Å².